The zero-order chi connectivity index (χ0) is 13.8. The Bertz CT molecular complexity index is 484. The van der Waals surface area contributed by atoms with Crippen molar-refractivity contribution in [2.75, 3.05) is 25.4 Å². The van der Waals surface area contributed by atoms with Crippen molar-refractivity contribution in [3.63, 3.8) is 0 Å². The van der Waals surface area contributed by atoms with Crippen LogP contribution in [0.15, 0.2) is 36.4 Å². The van der Waals surface area contributed by atoms with Crippen LogP contribution < -0.4 is 0 Å². The van der Waals surface area contributed by atoms with E-state index in [1.807, 2.05) is 53.1 Å². The average Bonchev–Trinajstić information content (AvgIpc) is 2.95. The lowest BCUT2D eigenvalue weighted by atomic mass is 10.1. The Morgan fingerprint density at radius 1 is 1.25 bits per heavy atom. The lowest BCUT2D eigenvalue weighted by Crippen LogP contribution is -2.44. The Balaban J connectivity index is 1.55. The van der Waals surface area contributed by atoms with Gasteiger partial charge in [0.15, 0.2) is 0 Å². The second kappa shape index (κ2) is 6.02. The highest BCUT2D eigenvalue weighted by atomic mass is 32.2. The number of likely N-dealkylation sites (tertiary alicyclic amines) is 1. The second-order valence-electron chi connectivity index (χ2n) is 5.18. The lowest BCUT2D eigenvalue weighted by Gasteiger charge is -2.37. The summed E-state index contributed by atoms with van der Waals surface area (Å²) >= 11 is 1.91. The molecule has 2 saturated heterocycles. The van der Waals surface area contributed by atoms with E-state index in [2.05, 4.69) is 0 Å². The Morgan fingerprint density at radius 3 is 2.65 bits per heavy atom. The fourth-order valence-electron chi connectivity index (χ4n) is 2.69. The molecule has 106 valence electrons. The molecule has 1 aromatic carbocycles. The van der Waals surface area contributed by atoms with E-state index in [0.717, 1.165) is 43.9 Å². The summed E-state index contributed by atoms with van der Waals surface area (Å²) in [7, 11) is 0. The van der Waals surface area contributed by atoms with Gasteiger partial charge in [0, 0.05) is 37.8 Å². The molecule has 2 fully saturated rings. The Labute approximate surface area is 124 Å². The van der Waals surface area contributed by atoms with Crippen LogP contribution in [-0.2, 0) is 9.53 Å². The standard InChI is InChI=1S/C16H19NO2S/c18-15(7-6-14-4-2-1-3-5-14)17-10-8-16(9-11-17)19-12-13-20-16/h1-7H,8-13H2. The number of carbonyl (C=O) groups is 1. The normalized spacial score (nSPS) is 21.7. The number of amides is 1. The molecule has 0 N–H and O–H groups in total. The van der Waals surface area contributed by atoms with Crippen LogP contribution in [0.4, 0.5) is 0 Å². The molecule has 2 heterocycles. The Morgan fingerprint density at radius 2 is 2.00 bits per heavy atom. The number of carbonyl (C=O) groups excluding carboxylic acids is 1. The first-order chi connectivity index (χ1) is 9.77. The molecule has 0 radical (unpaired) electrons. The van der Waals surface area contributed by atoms with Gasteiger partial charge in [0.05, 0.1) is 6.61 Å². The summed E-state index contributed by atoms with van der Waals surface area (Å²) < 4.78 is 5.85. The molecule has 1 spiro atoms. The van der Waals surface area contributed by atoms with E-state index in [-0.39, 0.29) is 10.8 Å². The van der Waals surface area contributed by atoms with Gasteiger partial charge in [0.1, 0.15) is 4.93 Å². The van der Waals surface area contributed by atoms with Gasteiger partial charge < -0.3 is 9.64 Å². The average molecular weight is 289 g/mol. The van der Waals surface area contributed by atoms with E-state index < -0.39 is 0 Å². The Kier molecular flexibility index (Phi) is 4.13. The first-order valence-corrected chi connectivity index (χ1v) is 8.06. The topological polar surface area (TPSA) is 29.5 Å². The minimum atomic E-state index is -0.0000751. The van der Waals surface area contributed by atoms with Gasteiger partial charge in [-0.3, -0.25) is 4.79 Å². The molecule has 0 atom stereocenters. The first kappa shape index (κ1) is 13.7. The summed E-state index contributed by atoms with van der Waals surface area (Å²) in [6.45, 7) is 2.45. The van der Waals surface area contributed by atoms with Crippen molar-refractivity contribution in [3.8, 4) is 0 Å². The van der Waals surface area contributed by atoms with Gasteiger partial charge in [-0.2, -0.15) is 0 Å². The molecule has 20 heavy (non-hydrogen) atoms. The summed E-state index contributed by atoms with van der Waals surface area (Å²) in [6.07, 6.45) is 5.45. The van der Waals surface area contributed by atoms with Crippen LogP contribution in [0.25, 0.3) is 6.08 Å². The zero-order valence-electron chi connectivity index (χ0n) is 11.5. The minimum Gasteiger partial charge on any atom is -0.363 e. The molecule has 1 aromatic rings. The quantitative estimate of drug-likeness (QED) is 0.784. The molecule has 0 bridgehead atoms. The molecule has 3 nitrogen and oxygen atoms in total. The van der Waals surface area contributed by atoms with Gasteiger partial charge >= 0.3 is 0 Å². The zero-order valence-corrected chi connectivity index (χ0v) is 12.3. The number of benzene rings is 1. The van der Waals surface area contributed by atoms with E-state index >= 15 is 0 Å². The minimum absolute atomic E-state index is 0.0000751. The third-order valence-electron chi connectivity index (χ3n) is 3.87. The molecule has 1 amide bonds. The molecular weight excluding hydrogens is 270 g/mol. The highest BCUT2D eigenvalue weighted by molar-refractivity contribution is 8.00. The SMILES string of the molecule is O=C(C=Cc1ccccc1)N1CCC2(CC1)OCCS2. The molecule has 2 aliphatic heterocycles. The van der Waals surface area contributed by atoms with Gasteiger partial charge in [-0.05, 0) is 11.6 Å². The number of thioether (sulfide) groups is 1. The highest BCUT2D eigenvalue weighted by Crippen LogP contribution is 2.41. The molecule has 0 unspecified atom stereocenters. The molecule has 0 aliphatic carbocycles. The van der Waals surface area contributed by atoms with Crippen LogP contribution in [0.3, 0.4) is 0 Å². The third kappa shape index (κ3) is 3.07. The largest absolute Gasteiger partial charge is 0.363 e. The van der Waals surface area contributed by atoms with Crippen LogP contribution in [0.1, 0.15) is 18.4 Å². The van der Waals surface area contributed by atoms with E-state index in [1.165, 1.54) is 0 Å². The van der Waals surface area contributed by atoms with Gasteiger partial charge in [-0.25, -0.2) is 0 Å². The predicted octanol–water partition coefficient (Wildman–Crippen LogP) is 2.78. The van der Waals surface area contributed by atoms with E-state index in [9.17, 15) is 4.79 Å². The summed E-state index contributed by atoms with van der Waals surface area (Å²) in [6, 6.07) is 9.92. The maximum Gasteiger partial charge on any atom is 0.246 e. The summed E-state index contributed by atoms with van der Waals surface area (Å²) in [4.78, 5) is 14.1. The van der Waals surface area contributed by atoms with Crippen LogP contribution in [-0.4, -0.2) is 41.2 Å². The number of hydrogen-bond acceptors (Lipinski definition) is 3. The molecule has 3 rings (SSSR count). The van der Waals surface area contributed by atoms with Crippen LogP contribution >= 0.6 is 11.8 Å². The number of ether oxygens (including phenoxy) is 1. The smallest absolute Gasteiger partial charge is 0.246 e. The summed E-state index contributed by atoms with van der Waals surface area (Å²) in [5, 5.41) is 0. The monoisotopic (exact) mass is 289 g/mol. The van der Waals surface area contributed by atoms with Gasteiger partial charge in [-0.1, -0.05) is 30.3 Å². The molecule has 2 aliphatic rings. The van der Waals surface area contributed by atoms with Crippen molar-refractivity contribution >= 4 is 23.7 Å². The number of piperidine rings is 1. The predicted molar refractivity (Wildman–Crippen MR) is 82.4 cm³/mol. The van der Waals surface area contributed by atoms with Gasteiger partial charge in [-0.15, -0.1) is 11.8 Å². The van der Waals surface area contributed by atoms with Crippen LogP contribution in [0.5, 0.6) is 0 Å². The number of rotatable bonds is 2. The van der Waals surface area contributed by atoms with Crippen molar-refractivity contribution in [2.24, 2.45) is 0 Å². The van der Waals surface area contributed by atoms with Crippen LogP contribution in [0.2, 0.25) is 0 Å². The Hall–Kier alpha value is -1.26. The van der Waals surface area contributed by atoms with Crippen molar-refractivity contribution in [2.45, 2.75) is 17.8 Å². The summed E-state index contributed by atoms with van der Waals surface area (Å²) in [5.41, 5.74) is 1.06. The molecule has 0 aromatic heterocycles. The number of hydrogen-bond donors (Lipinski definition) is 0. The van der Waals surface area contributed by atoms with Crippen molar-refractivity contribution in [1.82, 2.24) is 4.90 Å². The first-order valence-electron chi connectivity index (χ1n) is 7.07. The number of nitrogens with zero attached hydrogens (tertiary/aromatic N) is 1. The maximum atomic E-state index is 12.2. The molecule has 4 heteroatoms. The van der Waals surface area contributed by atoms with Crippen molar-refractivity contribution in [3.05, 3.63) is 42.0 Å². The van der Waals surface area contributed by atoms with E-state index in [0.29, 0.717) is 0 Å². The lowest BCUT2D eigenvalue weighted by molar-refractivity contribution is -0.128. The van der Waals surface area contributed by atoms with E-state index in [1.54, 1.807) is 6.08 Å². The fraction of sp³-hybridized carbons (Fsp3) is 0.438. The third-order valence-corrected chi connectivity index (χ3v) is 5.29. The van der Waals surface area contributed by atoms with E-state index in [4.69, 9.17) is 4.74 Å². The van der Waals surface area contributed by atoms with Crippen molar-refractivity contribution in [1.29, 1.82) is 0 Å². The van der Waals surface area contributed by atoms with Gasteiger partial charge in [0.25, 0.3) is 0 Å². The van der Waals surface area contributed by atoms with Crippen LogP contribution in [0, 0.1) is 0 Å². The second-order valence-corrected chi connectivity index (χ2v) is 6.62. The molecular formula is C16H19NO2S. The maximum absolute atomic E-state index is 12.2. The van der Waals surface area contributed by atoms with Crippen molar-refractivity contribution < 1.29 is 9.53 Å². The fourth-order valence-corrected chi connectivity index (χ4v) is 3.87. The molecule has 0 saturated carbocycles. The summed E-state index contributed by atoms with van der Waals surface area (Å²) in [5.74, 6) is 1.19. The van der Waals surface area contributed by atoms with Gasteiger partial charge in [0.2, 0.25) is 5.91 Å². The highest BCUT2D eigenvalue weighted by Gasteiger charge is 2.39.